The Hall–Kier alpha value is -0.0831. The van der Waals surface area contributed by atoms with Gasteiger partial charge in [-0.3, -0.25) is 4.79 Å². The third-order valence-electron chi connectivity index (χ3n) is 12.3. The average Bonchev–Trinajstić information content (AvgIpc) is 3.31. The van der Waals surface area contributed by atoms with E-state index in [4.69, 9.17) is 32.2 Å². The van der Waals surface area contributed by atoms with Gasteiger partial charge in [0.25, 0.3) is 0 Å². The van der Waals surface area contributed by atoms with Crippen LogP contribution in [-0.2, 0) is 37.0 Å². The van der Waals surface area contributed by atoms with Crippen molar-refractivity contribution in [1.29, 1.82) is 0 Å². The van der Waals surface area contributed by atoms with E-state index in [0.717, 1.165) is 70.3 Å². The first kappa shape index (κ1) is 64.9. The fraction of sp³-hybridized carbons (Fsp3) is 0.981. The van der Waals surface area contributed by atoms with Crippen molar-refractivity contribution >= 4 is 25.7 Å². The maximum absolute atomic E-state index is 12.9. The molecule has 65 heavy (non-hydrogen) atoms. The lowest BCUT2D eigenvalue weighted by atomic mass is 10.0. The number of hydrogen-bond acceptors (Lipinski definition) is 10. The Morgan fingerprint density at radius 2 is 0.769 bits per heavy atom. The second-order valence-corrected chi connectivity index (χ2v) is 22.4. The highest BCUT2D eigenvalue weighted by Gasteiger charge is 2.41. The molecule has 0 aromatic heterocycles. The Morgan fingerprint density at radius 1 is 0.415 bits per heavy atom. The van der Waals surface area contributed by atoms with Gasteiger partial charge in [-0.25, -0.2) is 0 Å². The van der Waals surface area contributed by atoms with Crippen LogP contribution in [0.3, 0.4) is 0 Å². The average molecular weight is 963 g/mol. The summed E-state index contributed by atoms with van der Waals surface area (Å²) in [5.41, 5.74) is 0. The van der Waals surface area contributed by atoms with E-state index in [1.54, 1.807) is 0 Å². The maximum atomic E-state index is 12.9. The van der Waals surface area contributed by atoms with Crippen LogP contribution >= 0.6 is 11.8 Å². The Labute approximate surface area is 409 Å². The summed E-state index contributed by atoms with van der Waals surface area (Å²) in [6, 6.07) is 0.872. The summed E-state index contributed by atoms with van der Waals surface area (Å²) in [5, 5.41) is 3.82. The van der Waals surface area contributed by atoms with Crippen LogP contribution in [0.5, 0.6) is 0 Å². The topological polar surface area (TPSA) is 93.7 Å². The smallest absolute Gasteiger partial charge is 0.379 e. The zero-order chi connectivity index (χ0) is 47.3. The van der Waals surface area contributed by atoms with Crippen LogP contribution in [0.1, 0.15) is 246 Å². The van der Waals surface area contributed by atoms with Crippen molar-refractivity contribution < 1.29 is 37.0 Å². The lowest BCUT2D eigenvalue weighted by Gasteiger charge is -2.31. The molecular weight excluding hydrogens is 851 g/mol. The minimum atomic E-state index is -3.15. The number of carbonyl (C=O) groups excluding carboxylic acids is 1. The van der Waals surface area contributed by atoms with Crippen molar-refractivity contribution in [2.75, 3.05) is 85.5 Å². The molecule has 0 amide bonds. The number of likely N-dealkylation sites (N-methyl/N-ethyl adjacent to an activating group) is 1. The molecule has 0 bridgehead atoms. The molecule has 0 heterocycles. The number of carbonyl (C=O) groups is 1. The number of rotatable bonds is 57. The first-order chi connectivity index (χ1) is 32.1. The molecule has 0 rings (SSSR count). The van der Waals surface area contributed by atoms with Gasteiger partial charge in [-0.1, -0.05) is 219 Å². The molecule has 0 aliphatic heterocycles. The van der Waals surface area contributed by atoms with Crippen molar-refractivity contribution in [3.63, 3.8) is 0 Å². The van der Waals surface area contributed by atoms with Crippen LogP contribution < -0.4 is 5.32 Å². The number of nitrogens with one attached hydrogen (secondary N) is 1. The minimum Gasteiger partial charge on any atom is -0.379 e. The monoisotopic (exact) mass is 962 g/mol. The summed E-state index contributed by atoms with van der Waals surface area (Å²) >= 11 is 1.47. The molecule has 0 spiro atoms. The number of thioether (sulfide) groups is 1. The molecule has 0 saturated heterocycles. The molecule has 0 fully saturated rings. The van der Waals surface area contributed by atoms with Gasteiger partial charge in [0, 0.05) is 37.5 Å². The van der Waals surface area contributed by atoms with Crippen molar-refractivity contribution in [2.24, 2.45) is 0 Å². The van der Waals surface area contributed by atoms with E-state index in [9.17, 15) is 4.79 Å². The number of hydrogen-bond donors (Lipinski definition) is 1. The quantitative estimate of drug-likeness (QED) is 0.0469. The van der Waals surface area contributed by atoms with Crippen LogP contribution in [0.2, 0.25) is 6.04 Å². The zero-order valence-electron chi connectivity index (χ0n) is 44.0. The van der Waals surface area contributed by atoms with Gasteiger partial charge in [0.05, 0.1) is 59.5 Å². The lowest BCUT2D eigenvalue weighted by Crippen LogP contribution is -2.50. The van der Waals surface area contributed by atoms with Crippen molar-refractivity contribution in [1.82, 2.24) is 5.32 Å². The van der Waals surface area contributed by atoms with E-state index in [0.29, 0.717) is 77.0 Å². The van der Waals surface area contributed by atoms with Gasteiger partial charge in [0.2, 0.25) is 0 Å². The molecular formula is C54H111NO8SSi. The molecule has 1 unspecified atom stereocenters. The van der Waals surface area contributed by atoms with Crippen molar-refractivity contribution in [2.45, 2.75) is 258 Å². The molecule has 1 atom stereocenters. The van der Waals surface area contributed by atoms with Gasteiger partial charge in [0.1, 0.15) is 0 Å². The summed E-state index contributed by atoms with van der Waals surface area (Å²) in [5.74, 6) is 0.743. The fourth-order valence-corrected chi connectivity index (χ4v) is 11.5. The first-order valence-electron chi connectivity index (χ1n) is 28.1. The Bertz CT molecular complexity index is 902. The highest BCUT2D eigenvalue weighted by Crippen LogP contribution is 2.23. The van der Waals surface area contributed by atoms with Gasteiger partial charge in [-0.05, 0) is 39.2 Å². The summed E-state index contributed by atoms with van der Waals surface area (Å²) in [7, 11) is -1.11. The fourth-order valence-electron chi connectivity index (χ4n) is 7.95. The third kappa shape index (κ3) is 48.7. The van der Waals surface area contributed by atoms with E-state index in [-0.39, 0.29) is 6.04 Å². The predicted octanol–water partition coefficient (Wildman–Crippen LogP) is 15.2. The zero-order valence-corrected chi connectivity index (χ0v) is 45.8. The summed E-state index contributed by atoms with van der Waals surface area (Å²) in [4.78, 5) is 12.9. The van der Waals surface area contributed by atoms with Gasteiger partial charge in [-0.15, -0.1) is 0 Å². The summed E-state index contributed by atoms with van der Waals surface area (Å²) in [6.45, 7) is 14.9. The van der Waals surface area contributed by atoms with Crippen LogP contribution in [0.15, 0.2) is 0 Å². The van der Waals surface area contributed by atoms with Gasteiger partial charge < -0.3 is 37.5 Å². The molecule has 390 valence electrons. The van der Waals surface area contributed by atoms with Gasteiger partial charge >= 0.3 is 8.80 Å². The summed E-state index contributed by atoms with van der Waals surface area (Å²) in [6.07, 6.45) is 43.2. The molecule has 0 aromatic carbocycles. The van der Waals surface area contributed by atoms with E-state index in [1.807, 2.05) is 7.05 Å². The molecule has 0 aliphatic rings. The Kier molecular flexibility index (Phi) is 54.8. The Balaban J connectivity index is 4.99. The molecule has 9 nitrogen and oxygen atoms in total. The van der Waals surface area contributed by atoms with E-state index >= 15 is 0 Å². The van der Waals surface area contributed by atoms with E-state index in [1.165, 1.54) is 172 Å². The largest absolute Gasteiger partial charge is 0.501 e. The van der Waals surface area contributed by atoms with Crippen molar-refractivity contribution in [3.8, 4) is 0 Å². The first-order valence-corrected chi connectivity index (χ1v) is 31.0. The minimum absolute atomic E-state index is 0.218. The number of ether oxygens (including phenoxy) is 4. The maximum Gasteiger partial charge on any atom is 0.501 e. The van der Waals surface area contributed by atoms with Gasteiger partial charge in [-0.2, -0.15) is 0 Å². The molecule has 0 saturated carbocycles. The third-order valence-corrected chi connectivity index (χ3v) is 16.2. The SMILES string of the molecule is CCCCCCCCCCCCCCCCCCCCC(CO[Si](CCCSC(=O)CCCCCCCCCCC)(OCCOCCOCCCC)OCCOCCOCCCC)NC. The lowest BCUT2D eigenvalue weighted by molar-refractivity contribution is -0.111. The highest BCUT2D eigenvalue weighted by atomic mass is 32.2. The second-order valence-electron chi connectivity index (χ2n) is 18.5. The van der Waals surface area contributed by atoms with Crippen LogP contribution in [0.25, 0.3) is 0 Å². The molecule has 11 heteroatoms. The summed E-state index contributed by atoms with van der Waals surface area (Å²) < 4.78 is 43.3. The second kappa shape index (κ2) is 54.9. The normalized spacial score (nSPS) is 12.4. The van der Waals surface area contributed by atoms with Crippen LogP contribution in [0.4, 0.5) is 0 Å². The van der Waals surface area contributed by atoms with Crippen LogP contribution in [0, 0.1) is 0 Å². The van der Waals surface area contributed by atoms with Crippen LogP contribution in [-0.4, -0.2) is 105 Å². The Morgan fingerprint density at radius 3 is 1.17 bits per heavy atom. The molecule has 0 radical (unpaired) electrons. The van der Waals surface area contributed by atoms with E-state index < -0.39 is 8.80 Å². The van der Waals surface area contributed by atoms with Crippen molar-refractivity contribution in [3.05, 3.63) is 0 Å². The standard InChI is InChI=1S/C54H111NO8SSi/c1-6-10-14-16-18-20-21-22-23-24-25-26-27-28-30-31-33-35-38-53(55-5)52-63-65(61-48-46-59-44-42-57-40-12-8-3,62-49-47-60-45-43-58-41-13-9-4)51-37-50-64-54(56)39-36-34-32-29-19-17-15-11-7-2/h53,55H,6-52H2,1-5H3. The highest BCUT2D eigenvalue weighted by molar-refractivity contribution is 8.13. The molecule has 0 aromatic rings. The molecule has 1 N–H and O–H groups in total. The molecule has 0 aliphatic carbocycles. The number of unbranched alkanes of at least 4 members (excludes halogenated alkanes) is 27. The van der Waals surface area contributed by atoms with Gasteiger partial charge in [0.15, 0.2) is 5.12 Å². The van der Waals surface area contributed by atoms with E-state index in [2.05, 4.69) is 33.0 Å². The predicted molar refractivity (Wildman–Crippen MR) is 282 cm³/mol.